The van der Waals surface area contributed by atoms with Gasteiger partial charge in [-0.3, -0.25) is 5.26 Å². The van der Waals surface area contributed by atoms with E-state index in [-0.39, 0.29) is 17.4 Å². The zero-order valence-electron chi connectivity index (χ0n) is 11.9. The summed E-state index contributed by atoms with van der Waals surface area (Å²) in [7, 11) is 0. The van der Waals surface area contributed by atoms with Crippen LogP contribution in [-0.4, -0.2) is 28.9 Å². The number of allylic oxidation sites excluding steroid dienone is 1. The highest BCUT2D eigenvalue weighted by atomic mass is 17.1. The summed E-state index contributed by atoms with van der Waals surface area (Å²) in [6.07, 6.45) is 4.11. The molecule has 0 radical (unpaired) electrons. The maximum atomic E-state index is 10.8. The second-order valence-corrected chi connectivity index (χ2v) is 6.87. The normalized spacial score (nSPS) is 53.4. The van der Waals surface area contributed by atoms with Gasteiger partial charge in [-0.15, -0.1) is 0 Å². The molecule has 108 valence electrons. The molecule has 1 saturated heterocycles. The van der Waals surface area contributed by atoms with Crippen LogP contribution in [0.15, 0.2) is 11.6 Å². The van der Waals surface area contributed by atoms with E-state index >= 15 is 0 Å². The standard InChI is InChI=1S/C15H24O4/c1-9-8-18-15(16)5-4-11-7-12(19-17)6-10(2)14(11,3)13(9)15/h7,9-10,12-13,16-17H,4-6,8H2,1-3H3. The Kier molecular flexibility index (Phi) is 3.06. The molecule has 1 aliphatic heterocycles. The number of rotatable bonds is 1. The molecule has 2 N–H and O–H groups in total. The zero-order chi connectivity index (χ0) is 13.8. The van der Waals surface area contributed by atoms with Crippen molar-refractivity contribution in [2.24, 2.45) is 23.2 Å². The van der Waals surface area contributed by atoms with Crippen molar-refractivity contribution in [1.29, 1.82) is 0 Å². The largest absolute Gasteiger partial charge is 0.365 e. The van der Waals surface area contributed by atoms with Crippen molar-refractivity contribution in [3.63, 3.8) is 0 Å². The maximum absolute atomic E-state index is 10.8. The first-order valence-corrected chi connectivity index (χ1v) is 7.29. The molecule has 0 aromatic carbocycles. The summed E-state index contributed by atoms with van der Waals surface area (Å²) in [5, 5.41) is 19.8. The molecule has 0 aromatic heterocycles. The molecule has 4 nitrogen and oxygen atoms in total. The number of fused-ring (bicyclic) bond motifs is 3. The third-order valence-electron chi connectivity index (χ3n) is 5.87. The van der Waals surface area contributed by atoms with Gasteiger partial charge in [-0.2, -0.15) is 0 Å². The molecule has 4 heteroatoms. The fourth-order valence-electron chi connectivity index (χ4n) is 4.82. The second kappa shape index (κ2) is 4.29. The number of aliphatic hydroxyl groups is 1. The van der Waals surface area contributed by atoms with Crippen molar-refractivity contribution in [2.45, 2.75) is 51.9 Å². The molecule has 0 bridgehead atoms. The van der Waals surface area contributed by atoms with Gasteiger partial charge in [0.15, 0.2) is 5.79 Å². The van der Waals surface area contributed by atoms with Crippen LogP contribution in [0.3, 0.4) is 0 Å². The minimum atomic E-state index is -0.966. The van der Waals surface area contributed by atoms with Gasteiger partial charge in [0.2, 0.25) is 0 Å². The lowest BCUT2D eigenvalue weighted by Gasteiger charge is -2.54. The van der Waals surface area contributed by atoms with E-state index in [0.717, 1.165) is 12.8 Å². The number of ether oxygens (including phenoxy) is 1. The van der Waals surface area contributed by atoms with Crippen LogP contribution < -0.4 is 0 Å². The zero-order valence-corrected chi connectivity index (χ0v) is 11.9. The molecule has 0 spiro atoms. The Morgan fingerprint density at radius 3 is 2.84 bits per heavy atom. The summed E-state index contributed by atoms with van der Waals surface area (Å²) < 4.78 is 5.72. The SMILES string of the molecule is CC1COC2(O)CCC3=CC(OO)CC(C)C3(C)C12. The molecule has 3 rings (SSSR count). The van der Waals surface area contributed by atoms with Gasteiger partial charge in [0.05, 0.1) is 6.61 Å². The van der Waals surface area contributed by atoms with Crippen molar-refractivity contribution < 1.29 is 20.0 Å². The van der Waals surface area contributed by atoms with Gasteiger partial charge < -0.3 is 9.84 Å². The number of hydrogen-bond acceptors (Lipinski definition) is 4. The van der Waals surface area contributed by atoms with Gasteiger partial charge in [-0.05, 0) is 30.1 Å². The van der Waals surface area contributed by atoms with Crippen LogP contribution >= 0.6 is 0 Å². The summed E-state index contributed by atoms with van der Waals surface area (Å²) in [5.74, 6) is -0.125. The molecule has 0 amide bonds. The summed E-state index contributed by atoms with van der Waals surface area (Å²) >= 11 is 0. The molecule has 3 aliphatic rings. The first-order chi connectivity index (χ1) is 8.91. The van der Waals surface area contributed by atoms with Gasteiger partial charge >= 0.3 is 0 Å². The van der Waals surface area contributed by atoms with Crippen molar-refractivity contribution >= 4 is 0 Å². The molecule has 2 aliphatic carbocycles. The van der Waals surface area contributed by atoms with E-state index in [0.29, 0.717) is 24.9 Å². The van der Waals surface area contributed by atoms with Crippen molar-refractivity contribution in [1.82, 2.24) is 0 Å². The third-order valence-corrected chi connectivity index (χ3v) is 5.87. The van der Waals surface area contributed by atoms with E-state index in [4.69, 9.17) is 9.99 Å². The highest BCUT2D eigenvalue weighted by Gasteiger charge is 2.61. The number of hydrogen-bond donors (Lipinski definition) is 2. The topological polar surface area (TPSA) is 58.9 Å². The van der Waals surface area contributed by atoms with Crippen LogP contribution in [0.5, 0.6) is 0 Å². The Morgan fingerprint density at radius 1 is 1.42 bits per heavy atom. The lowest BCUT2D eigenvalue weighted by Crippen LogP contribution is -2.55. The Morgan fingerprint density at radius 2 is 2.16 bits per heavy atom. The summed E-state index contributed by atoms with van der Waals surface area (Å²) in [4.78, 5) is 4.55. The van der Waals surface area contributed by atoms with E-state index in [9.17, 15) is 5.11 Å². The summed E-state index contributed by atoms with van der Waals surface area (Å²) in [5.41, 5.74) is 1.26. The van der Waals surface area contributed by atoms with Gasteiger partial charge in [-0.25, -0.2) is 4.89 Å². The first-order valence-electron chi connectivity index (χ1n) is 7.29. The molecular formula is C15H24O4. The van der Waals surface area contributed by atoms with Gasteiger partial charge in [0.1, 0.15) is 6.10 Å². The highest BCUT2D eigenvalue weighted by molar-refractivity contribution is 5.27. The molecule has 6 atom stereocenters. The van der Waals surface area contributed by atoms with Crippen LogP contribution in [0.1, 0.15) is 40.0 Å². The van der Waals surface area contributed by atoms with Gasteiger partial charge in [-0.1, -0.05) is 32.4 Å². The van der Waals surface area contributed by atoms with Crippen LogP contribution in [-0.2, 0) is 9.62 Å². The van der Waals surface area contributed by atoms with Gasteiger partial charge in [0.25, 0.3) is 0 Å². The molecule has 2 fully saturated rings. The third kappa shape index (κ3) is 1.74. The predicted molar refractivity (Wildman–Crippen MR) is 70.3 cm³/mol. The van der Waals surface area contributed by atoms with Crippen LogP contribution in [0.2, 0.25) is 0 Å². The molecular weight excluding hydrogens is 244 g/mol. The van der Waals surface area contributed by atoms with Crippen molar-refractivity contribution in [3.8, 4) is 0 Å². The van der Waals surface area contributed by atoms with E-state index < -0.39 is 5.79 Å². The van der Waals surface area contributed by atoms with Crippen LogP contribution in [0.25, 0.3) is 0 Å². The molecule has 0 aromatic rings. The minimum absolute atomic E-state index is 0.0576. The monoisotopic (exact) mass is 268 g/mol. The Balaban J connectivity index is 2.04. The maximum Gasteiger partial charge on any atom is 0.169 e. The quantitative estimate of drug-likeness (QED) is 0.436. The highest BCUT2D eigenvalue weighted by Crippen LogP contribution is 2.61. The fraction of sp³-hybridized carbons (Fsp3) is 0.867. The van der Waals surface area contributed by atoms with Crippen molar-refractivity contribution in [3.05, 3.63) is 11.6 Å². The van der Waals surface area contributed by atoms with E-state index in [2.05, 4.69) is 31.7 Å². The summed E-state index contributed by atoms with van der Waals surface area (Å²) in [6, 6.07) is 0. The van der Waals surface area contributed by atoms with Crippen LogP contribution in [0.4, 0.5) is 0 Å². The molecule has 1 saturated carbocycles. The average Bonchev–Trinajstić information content (AvgIpc) is 2.68. The molecule has 19 heavy (non-hydrogen) atoms. The Labute approximate surface area is 114 Å². The first kappa shape index (κ1) is 13.6. The lowest BCUT2D eigenvalue weighted by molar-refractivity contribution is -0.277. The summed E-state index contributed by atoms with van der Waals surface area (Å²) in [6.45, 7) is 7.24. The second-order valence-electron chi connectivity index (χ2n) is 6.87. The van der Waals surface area contributed by atoms with Crippen molar-refractivity contribution in [2.75, 3.05) is 6.61 Å². The predicted octanol–water partition coefficient (Wildman–Crippen LogP) is 2.58. The smallest absolute Gasteiger partial charge is 0.169 e. The van der Waals surface area contributed by atoms with Gasteiger partial charge in [0, 0.05) is 12.3 Å². The molecule has 1 heterocycles. The minimum Gasteiger partial charge on any atom is -0.365 e. The fourth-order valence-corrected chi connectivity index (χ4v) is 4.82. The van der Waals surface area contributed by atoms with E-state index in [1.54, 1.807) is 0 Å². The average molecular weight is 268 g/mol. The Bertz CT molecular complexity index is 407. The lowest BCUT2D eigenvalue weighted by atomic mass is 9.52. The Hall–Kier alpha value is -0.420. The van der Waals surface area contributed by atoms with Crippen LogP contribution in [0, 0.1) is 23.2 Å². The van der Waals surface area contributed by atoms with E-state index in [1.165, 1.54) is 5.57 Å². The van der Waals surface area contributed by atoms with E-state index in [1.807, 2.05) is 0 Å². The molecule has 6 unspecified atom stereocenters.